The van der Waals surface area contributed by atoms with E-state index < -0.39 is 23.4 Å². The number of hydrogen-bond donors (Lipinski definition) is 4. The van der Waals surface area contributed by atoms with E-state index in [1.807, 2.05) is 0 Å². The van der Waals surface area contributed by atoms with Crippen molar-refractivity contribution in [3.8, 4) is 0 Å². The largest absolute Gasteiger partial charge is 0.481 e. The fraction of sp³-hybridized carbons (Fsp3) is 0.357. The highest BCUT2D eigenvalue weighted by molar-refractivity contribution is 5.95. The maximum atomic E-state index is 11.8. The van der Waals surface area contributed by atoms with Crippen LogP contribution in [0.15, 0.2) is 24.3 Å². The van der Waals surface area contributed by atoms with Crippen LogP contribution in [-0.2, 0) is 16.0 Å². The Balaban J connectivity index is 2.66. The van der Waals surface area contributed by atoms with Crippen molar-refractivity contribution < 1.29 is 19.5 Å². The zero-order chi connectivity index (χ0) is 16.0. The summed E-state index contributed by atoms with van der Waals surface area (Å²) in [4.78, 5) is 33.5. The number of rotatable bonds is 6. The number of nitrogens with two attached hydrogens (primary N) is 1. The smallest absolute Gasteiger partial charge is 0.320 e. The Kier molecular flexibility index (Phi) is 5.29. The van der Waals surface area contributed by atoms with Crippen LogP contribution in [0.1, 0.15) is 25.8 Å². The van der Waals surface area contributed by atoms with Crippen molar-refractivity contribution in [3.05, 3.63) is 29.8 Å². The van der Waals surface area contributed by atoms with Crippen LogP contribution < -0.4 is 16.4 Å². The molecule has 7 nitrogen and oxygen atoms in total. The number of urea groups is 1. The van der Waals surface area contributed by atoms with Gasteiger partial charge in [0.05, 0.1) is 0 Å². The van der Waals surface area contributed by atoms with Gasteiger partial charge in [0.25, 0.3) is 0 Å². The Morgan fingerprint density at radius 2 is 1.95 bits per heavy atom. The minimum atomic E-state index is -1.16. The summed E-state index contributed by atoms with van der Waals surface area (Å²) in [5.41, 5.74) is 5.31. The van der Waals surface area contributed by atoms with Gasteiger partial charge >= 0.3 is 12.0 Å². The van der Waals surface area contributed by atoms with E-state index in [9.17, 15) is 14.4 Å². The monoisotopic (exact) mass is 293 g/mol. The standard InChI is InChI=1S/C14H19N3O4/c1-14(2,12(15)20)17-13(21)16-10-5-3-4-9(8-10)6-7-11(18)19/h3-5,8H,6-7H2,1-2H3,(H2,15,20)(H,18,19)(H2,16,17,21). The minimum Gasteiger partial charge on any atom is -0.481 e. The summed E-state index contributed by atoms with van der Waals surface area (Å²) in [6, 6.07) is 6.28. The molecule has 0 bridgehead atoms. The van der Waals surface area contributed by atoms with Gasteiger partial charge in [0.15, 0.2) is 0 Å². The molecule has 3 amide bonds. The Morgan fingerprint density at radius 1 is 1.29 bits per heavy atom. The van der Waals surface area contributed by atoms with Gasteiger partial charge in [-0.05, 0) is 38.0 Å². The molecule has 0 saturated heterocycles. The van der Waals surface area contributed by atoms with Gasteiger partial charge in [-0.25, -0.2) is 4.79 Å². The van der Waals surface area contributed by atoms with Crippen molar-refractivity contribution in [2.45, 2.75) is 32.2 Å². The minimum absolute atomic E-state index is 0.0182. The van der Waals surface area contributed by atoms with Crippen molar-refractivity contribution in [1.29, 1.82) is 0 Å². The van der Waals surface area contributed by atoms with Crippen molar-refractivity contribution in [2.75, 3.05) is 5.32 Å². The molecule has 0 radical (unpaired) electrons. The summed E-state index contributed by atoms with van der Waals surface area (Å²) in [5, 5.41) is 13.7. The third kappa shape index (κ3) is 5.52. The molecule has 7 heteroatoms. The zero-order valence-electron chi connectivity index (χ0n) is 12.0. The molecule has 0 aliphatic heterocycles. The second kappa shape index (κ2) is 6.74. The van der Waals surface area contributed by atoms with Crippen molar-refractivity contribution in [2.24, 2.45) is 5.73 Å². The number of amides is 3. The first-order chi connectivity index (χ1) is 9.70. The van der Waals surface area contributed by atoms with Gasteiger partial charge in [-0.3, -0.25) is 9.59 Å². The lowest BCUT2D eigenvalue weighted by Crippen LogP contribution is -2.54. The Morgan fingerprint density at radius 3 is 2.52 bits per heavy atom. The molecular weight excluding hydrogens is 274 g/mol. The van der Waals surface area contributed by atoms with Gasteiger partial charge in [-0.15, -0.1) is 0 Å². The van der Waals surface area contributed by atoms with Crippen LogP contribution in [0.2, 0.25) is 0 Å². The molecule has 1 rings (SSSR count). The summed E-state index contributed by atoms with van der Waals surface area (Å²) in [5.74, 6) is -1.53. The van der Waals surface area contributed by atoms with Gasteiger partial charge in [0, 0.05) is 12.1 Å². The highest BCUT2D eigenvalue weighted by atomic mass is 16.4. The molecule has 0 atom stereocenters. The number of carboxylic acid groups (broad SMARTS) is 1. The number of carbonyl (C=O) groups is 3. The molecule has 0 heterocycles. The number of carbonyl (C=O) groups excluding carboxylic acids is 2. The molecule has 0 unspecified atom stereocenters. The van der Waals surface area contributed by atoms with Gasteiger partial charge in [-0.1, -0.05) is 12.1 Å². The predicted octanol–water partition coefficient (Wildman–Crippen LogP) is 1.09. The maximum Gasteiger partial charge on any atom is 0.320 e. The summed E-state index contributed by atoms with van der Waals surface area (Å²) >= 11 is 0. The summed E-state index contributed by atoms with van der Waals surface area (Å²) in [7, 11) is 0. The lowest BCUT2D eigenvalue weighted by Gasteiger charge is -2.22. The molecule has 0 spiro atoms. The van der Waals surface area contributed by atoms with E-state index in [4.69, 9.17) is 10.8 Å². The van der Waals surface area contributed by atoms with Crippen LogP contribution in [0.4, 0.5) is 10.5 Å². The molecule has 0 aliphatic carbocycles. The number of hydrogen-bond acceptors (Lipinski definition) is 3. The van der Waals surface area contributed by atoms with E-state index in [-0.39, 0.29) is 6.42 Å². The van der Waals surface area contributed by atoms with Gasteiger partial charge in [0.1, 0.15) is 5.54 Å². The molecule has 0 aliphatic rings. The number of anilines is 1. The third-order valence-electron chi connectivity index (χ3n) is 2.85. The number of aliphatic carboxylic acids is 1. The van der Waals surface area contributed by atoms with E-state index in [0.717, 1.165) is 5.56 Å². The second-order valence-electron chi connectivity index (χ2n) is 5.16. The first kappa shape index (κ1) is 16.5. The molecule has 0 fully saturated rings. The van der Waals surface area contributed by atoms with Crippen LogP contribution in [0.25, 0.3) is 0 Å². The average Bonchev–Trinajstić information content (AvgIpc) is 2.35. The molecule has 21 heavy (non-hydrogen) atoms. The molecular formula is C14H19N3O4. The molecule has 0 saturated carbocycles. The molecule has 1 aromatic rings. The van der Waals surface area contributed by atoms with Gasteiger partial charge in [0.2, 0.25) is 5.91 Å². The fourth-order valence-corrected chi connectivity index (χ4v) is 1.56. The second-order valence-corrected chi connectivity index (χ2v) is 5.16. The van der Waals surface area contributed by atoms with E-state index in [1.54, 1.807) is 24.3 Å². The van der Waals surface area contributed by atoms with Crippen molar-refractivity contribution in [1.82, 2.24) is 5.32 Å². The highest BCUT2D eigenvalue weighted by Crippen LogP contribution is 2.12. The third-order valence-corrected chi connectivity index (χ3v) is 2.85. The van der Waals surface area contributed by atoms with E-state index in [1.165, 1.54) is 13.8 Å². The lowest BCUT2D eigenvalue weighted by atomic mass is 10.1. The van der Waals surface area contributed by atoms with Crippen LogP contribution in [0.5, 0.6) is 0 Å². The van der Waals surface area contributed by atoms with Gasteiger partial charge in [-0.2, -0.15) is 0 Å². The summed E-state index contributed by atoms with van der Waals surface area (Å²) in [6.45, 7) is 3.00. The molecule has 1 aromatic carbocycles. The zero-order valence-corrected chi connectivity index (χ0v) is 12.0. The summed E-state index contributed by atoms with van der Waals surface area (Å²) in [6.07, 6.45) is 0.392. The maximum absolute atomic E-state index is 11.8. The Labute approximate surface area is 122 Å². The average molecular weight is 293 g/mol. The van der Waals surface area contributed by atoms with Crippen molar-refractivity contribution >= 4 is 23.6 Å². The first-order valence-corrected chi connectivity index (χ1v) is 6.40. The quantitative estimate of drug-likeness (QED) is 0.627. The van der Waals surface area contributed by atoms with E-state index >= 15 is 0 Å². The Bertz CT molecular complexity index is 555. The van der Waals surface area contributed by atoms with Crippen LogP contribution in [0, 0.1) is 0 Å². The molecule has 114 valence electrons. The molecule has 5 N–H and O–H groups in total. The van der Waals surface area contributed by atoms with Crippen molar-refractivity contribution in [3.63, 3.8) is 0 Å². The van der Waals surface area contributed by atoms with Crippen LogP contribution in [0.3, 0.4) is 0 Å². The van der Waals surface area contributed by atoms with E-state index in [2.05, 4.69) is 10.6 Å². The summed E-state index contributed by atoms with van der Waals surface area (Å²) < 4.78 is 0. The molecule has 0 aromatic heterocycles. The highest BCUT2D eigenvalue weighted by Gasteiger charge is 2.26. The predicted molar refractivity (Wildman–Crippen MR) is 77.8 cm³/mol. The van der Waals surface area contributed by atoms with E-state index in [0.29, 0.717) is 12.1 Å². The lowest BCUT2D eigenvalue weighted by molar-refractivity contribution is -0.137. The fourth-order valence-electron chi connectivity index (χ4n) is 1.56. The number of nitrogens with one attached hydrogen (secondary N) is 2. The van der Waals surface area contributed by atoms with Crippen LogP contribution >= 0.6 is 0 Å². The Hall–Kier alpha value is -2.57. The SMILES string of the molecule is CC(C)(NC(=O)Nc1cccc(CCC(=O)O)c1)C(N)=O. The van der Waals surface area contributed by atoms with Gasteiger partial charge < -0.3 is 21.5 Å². The number of benzene rings is 1. The first-order valence-electron chi connectivity index (χ1n) is 6.40. The number of carboxylic acids is 1. The van der Waals surface area contributed by atoms with Crippen LogP contribution in [-0.4, -0.2) is 28.6 Å². The normalized spacial score (nSPS) is 10.8. The number of aryl methyl sites for hydroxylation is 1. The topological polar surface area (TPSA) is 122 Å². The number of primary amides is 1.